The van der Waals surface area contributed by atoms with Gasteiger partial charge in [-0.1, -0.05) is 24.3 Å². The molecule has 0 saturated carbocycles. The number of aromatic nitrogens is 2. The lowest BCUT2D eigenvalue weighted by Gasteiger charge is -2.13. The predicted octanol–water partition coefficient (Wildman–Crippen LogP) is 2.83. The highest BCUT2D eigenvalue weighted by molar-refractivity contribution is 5.79. The molecule has 6 heteroatoms. The summed E-state index contributed by atoms with van der Waals surface area (Å²) in [5.41, 5.74) is 5.82. The Balaban J connectivity index is 2.07. The molecule has 0 atom stereocenters. The van der Waals surface area contributed by atoms with Crippen molar-refractivity contribution in [1.82, 2.24) is 20.4 Å². The van der Waals surface area contributed by atoms with E-state index in [2.05, 4.69) is 41.7 Å². The van der Waals surface area contributed by atoms with Crippen molar-refractivity contribution in [2.45, 2.75) is 47.4 Å². The van der Waals surface area contributed by atoms with Crippen LogP contribution >= 0.6 is 0 Å². The Morgan fingerprint density at radius 1 is 1.15 bits per heavy atom. The van der Waals surface area contributed by atoms with E-state index in [-0.39, 0.29) is 0 Å². The molecule has 0 amide bonds. The van der Waals surface area contributed by atoms with Crippen molar-refractivity contribution < 1.29 is 4.74 Å². The zero-order valence-corrected chi connectivity index (χ0v) is 16.6. The fourth-order valence-electron chi connectivity index (χ4n) is 2.82. The number of aryl methyl sites for hydroxylation is 2. The maximum Gasteiger partial charge on any atom is 0.191 e. The Hall–Kier alpha value is -2.34. The number of hydrogen-bond donors (Lipinski definition) is 2. The molecule has 0 aliphatic heterocycles. The van der Waals surface area contributed by atoms with Crippen LogP contribution < -0.4 is 10.6 Å². The summed E-state index contributed by atoms with van der Waals surface area (Å²) in [6.45, 7) is 11.7. The zero-order chi connectivity index (χ0) is 18.9. The fraction of sp³-hybridized carbons (Fsp3) is 0.500. The average Bonchev–Trinajstić information content (AvgIpc) is 2.88. The van der Waals surface area contributed by atoms with Crippen LogP contribution in [0.5, 0.6) is 0 Å². The summed E-state index contributed by atoms with van der Waals surface area (Å²) < 4.78 is 7.48. The van der Waals surface area contributed by atoms with Crippen LogP contribution in [0.1, 0.15) is 41.9 Å². The van der Waals surface area contributed by atoms with Crippen LogP contribution in [0.25, 0.3) is 0 Å². The minimum absolute atomic E-state index is 0.615. The van der Waals surface area contributed by atoms with Crippen molar-refractivity contribution in [1.29, 1.82) is 0 Å². The normalized spacial score (nSPS) is 11.7. The lowest BCUT2D eigenvalue weighted by Crippen LogP contribution is -2.37. The van der Waals surface area contributed by atoms with Crippen LogP contribution in [0, 0.1) is 13.8 Å². The molecule has 1 aromatic carbocycles. The third kappa shape index (κ3) is 5.33. The maximum atomic E-state index is 5.56. The summed E-state index contributed by atoms with van der Waals surface area (Å²) in [6, 6.07) is 8.29. The van der Waals surface area contributed by atoms with Gasteiger partial charge in [-0.3, -0.25) is 4.68 Å². The zero-order valence-electron chi connectivity index (χ0n) is 16.6. The molecule has 1 heterocycles. The molecule has 2 aromatic rings. The van der Waals surface area contributed by atoms with Gasteiger partial charge in [0.1, 0.15) is 0 Å². The van der Waals surface area contributed by atoms with E-state index in [0.717, 1.165) is 18.2 Å². The molecule has 6 nitrogen and oxygen atoms in total. The van der Waals surface area contributed by atoms with Gasteiger partial charge in [-0.25, -0.2) is 4.99 Å². The SMILES string of the molecule is CCNC(=NCc1ccccc1COCC)NCc1c(C)nn(C)c1C. The summed E-state index contributed by atoms with van der Waals surface area (Å²) in [6.07, 6.45) is 0. The maximum absolute atomic E-state index is 5.56. The quantitative estimate of drug-likeness (QED) is 0.563. The van der Waals surface area contributed by atoms with Gasteiger partial charge < -0.3 is 15.4 Å². The number of benzene rings is 1. The van der Waals surface area contributed by atoms with Gasteiger partial charge in [0, 0.05) is 38.0 Å². The second kappa shape index (κ2) is 9.97. The van der Waals surface area contributed by atoms with Gasteiger partial charge in [0.25, 0.3) is 0 Å². The molecule has 0 spiro atoms. The van der Waals surface area contributed by atoms with E-state index in [9.17, 15) is 0 Å². The lowest BCUT2D eigenvalue weighted by atomic mass is 10.1. The Bertz CT molecular complexity index is 736. The van der Waals surface area contributed by atoms with Gasteiger partial charge in [0.15, 0.2) is 5.96 Å². The Labute approximate surface area is 156 Å². The summed E-state index contributed by atoms with van der Waals surface area (Å²) in [4.78, 5) is 4.75. The summed E-state index contributed by atoms with van der Waals surface area (Å²) >= 11 is 0. The van der Waals surface area contributed by atoms with Crippen molar-refractivity contribution in [3.05, 3.63) is 52.3 Å². The number of rotatable bonds is 8. The highest BCUT2D eigenvalue weighted by Crippen LogP contribution is 2.13. The molecule has 26 heavy (non-hydrogen) atoms. The van der Waals surface area contributed by atoms with E-state index < -0.39 is 0 Å². The number of nitrogens with zero attached hydrogens (tertiary/aromatic N) is 3. The Kier molecular flexibility index (Phi) is 7.66. The topological polar surface area (TPSA) is 63.5 Å². The smallest absolute Gasteiger partial charge is 0.191 e. The van der Waals surface area contributed by atoms with Gasteiger partial charge in [0.05, 0.1) is 18.8 Å². The van der Waals surface area contributed by atoms with E-state index >= 15 is 0 Å². The largest absolute Gasteiger partial charge is 0.377 e. The van der Waals surface area contributed by atoms with E-state index in [1.54, 1.807) is 0 Å². The van der Waals surface area contributed by atoms with E-state index in [1.807, 2.05) is 37.7 Å². The molecule has 142 valence electrons. The summed E-state index contributed by atoms with van der Waals surface area (Å²) in [7, 11) is 1.97. The molecular weight excluding hydrogens is 326 g/mol. The highest BCUT2D eigenvalue weighted by atomic mass is 16.5. The molecule has 0 fully saturated rings. The van der Waals surface area contributed by atoms with Crippen LogP contribution in [-0.2, 0) is 31.5 Å². The van der Waals surface area contributed by atoms with E-state index in [4.69, 9.17) is 9.73 Å². The third-order valence-electron chi connectivity index (χ3n) is 4.42. The van der Waals surface area contributed by atoms with Gasteiger partial charge in [-0.05, 0) is 38.8 Å². The van der Waals surface area contributed by atoms with Crippen molar-refractivity contribution in [3.8, 4) is 0 Å². The average molecular weight is 358 g/mol. The monoisotopic (exact) mass is 357 g/mol. The number of nitrogens with one attached hydrogen (secondary N) is 2. The van der Waals surface area contributed by atoms with Gasteiger partial charge in [-0.15, -0.1) is 0 Å². The molecular formula is C20H31N5O. The van der Waals surface area contributed by atoms with Crippen LogP contribution in [0.15, 0.2) is 29.3 Å². The second-order valence-corrected chi connectivity index (χ2v) is 6.23. The Morgan fingerprint density at radius 2 is 1.88 bits per heavy atom. The molecule has 0 aliphatic rings. The summed E-state index contributed by atoms with van der Waals surface area (Å²) in [5, 5.41) is 11.2. The van der Waals surface area contributed by atoms with Crippen LogP contribution in [-0.4, -0.2) is 28.9 Å². The molecule has 1 aromatic heterocycles. The predicted molar refractivity (Wildman–Crippen MR) is 106 cm³/mol. The first kappa shape index (κ1) is 20.0. The highest BCUT2D eigenvalue weighted by Gasteiger charge is 2.10. The van der Waals surface area contributed by atoms with E-state index in [1.165, 1.54) is 22.4 Å². The number of guanidine groups is 1. The number of ether oxygens (including phenoxy) is 1. The fourth-order valence-corrected chi connectivity index (χ4v) is 2.82. The standard InChI is InChI=1S/C20H31N5O/c1-6-21-20(23-13-19-15(3)24-25(5)16(19)4)22-12-17-10-8-9-11-18(17)14-26-7-2/h8-11H,6-7,12-14H2,1-5H3,(H2,21,22,23). The van der Waals surface area contributed by atoms with Crippen LogP contribution in [0.2, 0.25) is 0 Å². The first-order valence-electron chi connectivity index (χ1n) is 9.22. The first-order chi connectivity index (χ1) is 12.6. The van der Waals surface area contributed by atoms with Gasteiger partial charge >= 0.3 is 0 Å². The van der Waals surface area contributed by atoms with Crippen LogP contribution in [0.3, 0.4) is 0 Å². The van der Waals surface area contributed by atoms with Crippen molar-refractivity contribution >= 4 is 5.96 Å². The van der Waals surface area contributed by atoms with Gasteiger partial charge in [0.2, 0.25) is 0 Å². The van der Waals surface area contributed by atoms with Crippen molar-refractivity contribution in [2.75, 3.05) is 13.2 Å². The lowest BCUT2D eigenvalue weighted by molar-refractivity contribution is 0.133. The molecule has 0 radical (unpaired) electrons. The second-order valence-electron chi connectivity index (χ2n) is 6.23. The minimum atomic E-state index is 0.615. The Morgan fingerprint density at radius 3 is 2.50 bits per heavy atom. The van der Waals surface area contributed by atoms with E-state index in [0.29, 0.717) is 26.3 Å². The number of hydrogen-bond acceptors (Lipinski definition) is 3. The molecule has 2 N–H and O–H groups in total. The first-order valence-corrected chi connectivity index (χ1v) is 9.22. The van der Waals surface area contributed by atoms with Gasteiger partial charge in [-0.2, -0.15) is 5.10 Å². The van der Waals surface area contributed by atoms with Crippen molar-refractivity contribution in [3.63, 3.8) is 0 Å². The molecule has 0 aliphatic carbocycles. The molecule has 0 unspecified atom stereocenters. The van der Waals surface area contributed by atoms with Crippen LogP contribution in [0.4, 0.5) is 0 Å². The number of aliphatic imine (C=N–C) groups is 1. The third-order valence-corrected chi connectivity index (χ3v) is 4.42. The molecule has 0 saturated heterocycles. The molecule has 2 rings (SSSR count). The van der Waals surface area contributed by atoms with Crippen molar-refractivity contribution in [2.24, 2.45) is 12.0 Å². The minimum Gasteiger partial charge on any atom is -0.377 e. The molecule has 0 bridgehead atoms. The summed E-state index contributed by atoms with van der Waals surface area (Å²) in [5.74, 6) is 0.807.